The zero-order chi connectivity index (χ0) is 69.6. The Balaban J connectivity index is 0.0000200. The van der Waals surface area contributed by atoms with Gasteiger partial charge in [0.2, 0.25) is 41.4 Å². The van der Waals surface area contributed by atoms with Gasteiger partial charge in [-0.25, -0.2) is 35.0 Å². The van der Waals surface area contributed by atoms with E-state index in [1.54, 1.807) is 163 Å². The number of benzene rings is 5. The largest absolute Gasteiger partial charge is 0.461 e. The zero-order valence-corrected chi connectivity index (χ0v) is 53.2. The van der Waals surface area contributed by atoms with Gasteiger partial charge in [-0.05, 0) is 53.5 Å². The summed E-state index contributed by atoms with van der Waals surface area (Å²) in [5.41, 5.74) is 23.3. The molecule has 0 aliphatic carbocycles. The first-order valence-electron chi connectivity index (χ1n) is 30.0. The number of ether oxygens (including phenoxy) is 3. The van der Waals surface area contributed by atoms with Crippen LogP contribution in [0, 0.1) is 20.2 Å². The minimum Gasteiger partial charge on any atom is -0.461 e. The molecule has 5 aromatic rings. The van der Waals surface area contributed by atoms with E-state index in [4.69, 9.17) is 31.4 Å². The number of nitrogens with zero attached hydrogens (tertiary/aromatic N) is 4. The van der Waals surface area contributed by atoms with Gasteiger partial charge >= 0.3 is 17.9 Å². The minimum absolute atomic E-state index is 0. The highest BCUT2D eigenvalue weighted by atomic mass is 35.5. The van der Waals surface area contributed by atoms with E-state index < -0.39 is 143 Å². The van der Waals surface area contributed by atoms with Crippen LogP contribution < -0.4 is 65.3 Å². The Morgan fingerprint density at radius 1 is 0.423 bits per heavy atom. The Morgan fingerprint density at radius 2 is 0.763 bits per heavy atom. The third-order valence-electron chi connectivity index (χ3n) is 13.7. The first-order valence-corrected chi connectivity index (χ1v) is 30.0. The molecule has 33 nitrogen and oxygen atoms in total. The van der Waals surface area contributed by atoms with Gasteiger partial charge in [0.25, 0.3) is 11.9 Å². The summed E-state index contributed by atoms with van der Waals surface area (Å²) in [6.07, 6.45) is -2.22. The number of amides is 7. The normalized spacial score (nSPS) is 12.8. The van der Waals surface area contributed by atoms with Crippen molar-refractivity contribution < 1.29 is 72.2 Å². The number of nitrogens with two attached hydrogens (primary N) is 3. The Hall–Kier alpha value is -11.6. The highest BCUT2D eigenvalue weighted by molar-refractivity contribution is 5.98. The molecule has 0 aromatic heterocycles. The number of esters is 3. The van der Waals surface area contributed by atoms with Gasteiger partial charge in [-0.3, -0.25) is 43.2 Å². The second-order valence-corrected chi connectivity index (χ2v) is 21.2. The number of hydrogen-bond acceptors (Lipinski definition) is 20. The number of carbonyl (C=O) groups excluding carboxylic acids is 10. The first kappa shape index (κ1) is 77.8. The van der Waals surface area contributed by atoms with Gasteiger partial charge in [-0.15, -0.1) is 12.4 Å². The van der Waals surface area contributed by atoms with Gasteiger partial charge in [-0.2, -0.15) is 0 Å². The summed E-state index contributed by atoms with van der Waals surface area (Å²) in [6, 6.07) is 33.2. The predicted octanol–water partition coefficient (Wildman–Crippen LogP) is -0.360. The van der Waals surface area contributed by atoms with Crippen LogP contribution in [0.5, 0.6) is 0 Å². The number of aliphatic imine (C=N–C) groups is 2. The molecule has 15 N–H and O–H groups in total. The fraction of sp³-hybridized carbons (Fsp3) is 0.333. The average Bonchev–Trinajstić information content (AvgIpc) is 1.05. The summed E-state index contributed by atoms with van der Waals surface area (Å²) >= 11 is 0. The highest BCUT2D eigenvalue weighted by Crippen LogP contribution is 2.12. The summed E-state index contributed by atoms with van der Waals surface area (Å²) < 4.78 is 16.5. The van der Waals surface area contributed by atoms with Crippen molar-refractivity contribution in [3.8, 4) is 0 Å². The predicted molar refractivity (Wildman–Crippen MR) is 351 cm³/mol. The summed E-state index contributed by atoms with van der Waals surface area (Å²) in [6.45, 7) is -2.59. The van der Waals surface area contributed by atoms with Crippen LogP contribution in [0.15, 0.2) is 162 Å². The van der Waals surface area contributed by atoms with Crippen LogP contribution in [0.1, 0.15) is 66.3 Å². The Bertz CT molecular complexity index is 3480. The topological polar surface area (TPSA) is 496 Å². The molecule has 5 rings (SSSR count). The molecule has 0 heterocycles. The van der Waals surface area contributed by atoms with E-state index >= 15 is 0 Å². The molecule has 0 aliphatic rings. The Morgan fingerprint density at radius 3 is 1.18 bits per heavy atom. The smallest absolute Gasteiger partial charge is 0.329 e. The van der Waals surface area contributed by atoms with Crippen molar-refractivity contribution >= 4 is 83.6 Å². The van der Waals surface area contributed by atoms with E-state index in [0.717, 1.165) is 0 Å². The van der Waals surface area contributed by atoms with Crippen molar-refractivity contribution in [2.75, 3.05) is 26.2 Å². The molecular weight excluding hydrogens is 1290 g/mol. The fourth-order valence-corrected chi connectivity index (χ4v) is 8.84. The first-order chi connectivity index (χ1) is 46.1. The number of hydrazine groups is 2. The van der Waals surface area contributed by atoms with Crippen LogP contribution in [0.4, 0.5) is 0 Å². The molecule has 0 spiro atoms. The number of nitro groups is 2. The summed E-state index contributed by atoms with van der Waals surface area (Å²) in [5.74, 6) is -10.9. The molecule has 0 radical (unpaired) electrons. The average molecular weight is 1370 g/mol. The maximum atomic E-state index is 14.6. The lowest BCUT2D eigenvalue weighted by Gasteiger charge is -2.26. The molecular formula is C63H77ClN16O17. The second kappa shape index (κ2) is 42.6. The van der Waals surface area contributed by atoms with Crippen LogP contribution in [-0.4, -0.2) is 144 Å². The highest BCUT2D eigenvalue weighted by Gasteiger charge is 2.34. The summed E-state index contributed by atoms with van der Waals surface area (Å²) in [5, 5.41) is 36.9. The van der Waals surface area contributed by atoms with Crippen molar-refractivity contribution in [2.24, 2.45) is 27.2 Å². The van der Waals surface area contributed by atoms with Crippen LogP contribution >= 0.6 is 12.4 Å². The van der Waals surface area contributed by atoms with Crippen molar-refractivity contribution in [1.82, 2.24) is 48.1 Å². The molecule has 0 saturated carbocycles. The van der Waals surface area contributed by atoms with E-state index in [2.05, 4.69) is 47.2 Å². The van der Waals surface area contributed by atoms with Gasteiger partial charge in [0.15, 0.2) is 10.1 Å². The molecule has 97 heavy (non-hydrogen) atoms. The number of halogens is 1. The fourth-order valence-electron chi connectivity index (χ4n) is 8.84. The monoisotopic (exact) mass is 1360 g/mol. The lowest BCUT2D eigenvalue weighted by Crippen LogP contribution is -2.58. The second-order valence-electron chi connectivity index (χ2n) is 21.2. The number of guanidine groups is 2. The molecule has 0 saturated heterocycles. The Labute approximate surface area is 562 Å². The van der Waals surface area contributed by atoms with Crippen molar-refractivity contribution in [2.45, 2.75) is 107 Å². The van der Waals surface area contributed by atoms with Gasteiger partial charge in [-0.1, -0.05) is 163 Å². The van der Waals surface area contributed by atoms with Gasteiger partial charge in [0, 0.05) is 25.9 Å². The minimum atomic E-state index is -1.79. The van der Waals surface area contributed by atoms with E-state index in [9.17, 15) is 68.2 Å². The number of hydrogen-bond donors (Lipinski definition) is 12. The van der Waals surface area contributed by atoms with Crippen LogP contribution in [0.3, 0.4) is 0 Å². The van der Waals surface area contributed by atoms with Crippen molar-refractivity contribution in [3.05, 3.63) is 200 Å². The van der Waals surface area contributed by atoms with E-state index in [1.807, 2.05) is 0 Å². The molecule has 5 aromatic carbocycles. The molecule has 0 aliphatic heterocycles. The van der Waals surface area contributed by atoms with Crippen LogP contribution in [0.2, 0.25) is 0 Å². The van der Waals surface area contributed by atoms with Gasteiger partial charge in [0.05, 0.1) is 32.0 Å². The molecule has 0 unspecified atom stereocenters. The van der Waals surface area contributed by atoms with Crippen LogP contribution in [0.25, 0.3) is 0 Å². The molecule has 0 fully saturated rings. The van der Waals surface area contributed by atoms with E-state index in [1.165, 1.54) is 0 Å². The molecule has 34 heteroatoms. The quantitative estimate of drug-likeness (QED) is 0.00455. The summed E-state index contributed by atoms with van der Waals surface area (Å²) in [4.78, 5) is 168. The number of rotatable bonds is 39. The number of carbonyl (C=O) groups is 10. The summed E-state index contributed by atoms with van der Waals surface area (Å²) in [7, 11) is 0. The van der Waals surface area contributed by atoms with Crippen LogP contribution in [-0.2, 0) is 94.8 Å². The number of nitrogens with one attached hydrogen (secondary N) is 9. The molecule has 518 valence electrons. The lowest BCUT2D eigenvalue weighted by atomic mass is 10.0. The third-order valence-corrected chi connectivity index (χ3v) is 13.7. The SMILES string of the molecule is Cl.NC(=NCCC[C@H](NC(=O)[C@H](Cc1ccccc1)NC(=O)[C@H](CC(=O)OCc1ccccc1)NC(=O)CNC(=O)[C@@H](N)CCCN=C(N)N[N+](=O)[O-])C(=O)NCC(=O)N[C@@H](CC(=O)OCc1ccccc1)C(=O)N[C@@H](Cc1ccccc1)C(=O)OCc1ccccc1)N[N+](=O)[O-]. The third kappa shape index (κ3) is 31.3. The lowest BCUT2D eigenvalue weighted by molar-refractivity contribution is -0.525. The van der Waals surface area contributed by atoms with Gasteiger partial charge in [0.1, 0.15) is 50.0 Å². The van der Waals surface area contributed by atoms with Crippen molar-refractivity contribution in [3.63, 3.8) is 0 Å². The molecule has 6 atom stereocenters. The van der Waals surface area contributed by atoms with E-state index in [0.29, 0.717) is 27.8 Å². The van der Waals surface area contributed by atoms with E-state index in [-0.39, 0.29) is 83.8 Å². The van der Waals surface area contributed by atoms with Crippen molar-refractivity contribution in [1.29, 1.82) is 0 Å². The van der Waals surface area contributed by atoms with Gasteiger partial charge < -0.3 is 68.6 Å². The maximum absolute atomic E-state index is 14.6. The molecule has 7 amide bonds. The standard InChI is InChI=1S/C63H76N16O17.ClH/c64-46(28-16-30-67-62(65)76-78(90)91)56(84)69-36-52(80)71-49(34-54(82)94-38-43-22-10-3-11-23-43)59(87)74-48(32-41-18-6-1-7-19-41)58(86)73-47(29-17-31-68-63(66)77-79(92)93)57(85)70-37-53(81)72-50(35-55(83)95-39-44-24-12-4-13-25-44)60(88)75-51(33-42-20-8-2-9-21-42)61(89)96-40-45-26-14-5-15-27-45;/h1-15,18-27,46-51H,16-17,28-40,64H2,(H,69,84)(H,70,85)(H,71,80)(H,72,81)(H,73,86)(H,74,87)(H,75,88)(H3,65,67,76)(H3,66,68,77);1H/t46-,47-,48-,49-,50-,51-;/m0./s1. The molecule has 0 bridgehead atoms. The zero-order valence-electron chi connectivity index (χ0n) is 52.4. The Kier molecular flexibility index (Phi) is 34.2. The maximum Gasteiger partial charge on any atom is 0.329 e.